The van der Waals surface area contributed by atoms with Crippen molar-refractivity contribution in [3.8, 4) is 0 Å². The molecule has 1 atom stereocenters. The van der Waals surface area contributed by atoms with Gasteiger partial charge in [-0.1, -0.05) is 32.9 Å². The highest BCUT2D eigenvalue weighted by Gasteiger charge is 2.34. The summed E-state index contributed by atoms with van der Waals surface area (Å²) in [5.41, 5.74) is 6.53. The lowest BCUT2D eigenvalue weighted by Crippen LogP contribution is -2.48. The predicted octanol–water partition coefficient (Wildman–Crippen LogP) is 1.97. The molecular weight excluding hydrogens is 342 g/mol. The third-order valence-electron chi connectivity index (χ3n) is 4.20. The average molecular weight is 368 g/mol. The number of imide groups is 1. The summed E-state index contributed by atoms with van der Waals surface area (Å²) < 4.78 is 0. The van der Waals surface area contributed by atoms with Gasteiger partial charge in [-0.15, -0.1) is 12.4 Å². The summed E-state index contributed by atoms with van der Waals surface area (Å²) in [7, 11) is 0. The van der Waals surface area contributed by atoms with Gasteiger partial charge in [-0.05, 0) is 30.4 Å². The maximum atomic E-state index is 12.2. The van der Waals surface area contributed by atoms with Gasteiger partial charge in [-0.2, -0.15) is 0 Å². The zero-order valence-electron chi connectivity index (χ0n) is 14.9. The van der Waals surface area contributed by atoms with Crippen molar-refractivity contribution in [3.05, 3.63) is 35.4 Å². The van der Waals surface area contributed by atoms with Crippen molar-refractivity contribution in [2.75, 3.05) is 13.1 Å². The average Bonchev–Trinajstić information content (AvgIpc) is 2.78. The third kappa shape index (κ3) is 4.80. The maximum Gasteiger partial charge on any atom is 0.261 e. The van der Waals surface area contributed by atoms with Crippen LogP contribution in [-0.4, -0.2) is 41.8 Å². The molecule has 7 heteroatoms. The smallest absolute Gasteiger partial charge is 0.261 e. The van der Waals surface area contributed by atoms with Crippen LogP contribution in [0.15, 0.2) is 24.3 Å². The summed E-state index contributed by atoms with van der Waals surface area (Å²) in [6.45, 7) is 6.58. The first-order valence-electron chi connectivity index (χ1n) is 8.22. The Bertz CT molecular complexity index is 620. The van der Waals surface area contributed by atoms with Gasteiger partial charge in [0.25, 0.3) is 11.8 Å². The molecule has 1 heterocycles. The van der Waals surface area contributed by atoms with Gasteiger partial charge < -0.3 is 11.1 Å². The van der Waals surface area contributed by atoms with E-state index in [0.29, 0.717) is 37.1 Å². The largest absolute Gasteiger partial charge is 0.355 e. The van der Waals surface area contributed by atoms with E-state index in [0.717, 1.165) is 0 Å². The monoisotopic (exact) mass is 367 g/mol. The van der Waals surface area contributed by atoms with Gasteiger partial charge in [0.2, 0.25) is 5.91 Å². The van der Waals surface area contributed by atoms with Crippen LogP contribution in [0.2, 0.25) is 0 Å². The number of carbonyl (C=O) groups is 3. The van der Waals surface area contributed by atoms with Crippen LogP contribution in [-0.2, 0) is 4.79 Å². The van der Waals surface area contributed by atoms with Crippen LogP contribution >= 0.6 is 12.4 Å². The molecule has 0 aliphatic carbocycles. The van der Waals surface area contributed by atoms with Gasteiger partial charge >= 0.3 is 0 Å². The Morgan fingerprint density at radius 1 is 1.12 bits per heavy atom. The van der Waals surface area contributed by atoms with Crippen LogP contribution in [0.4, 0.5) is 0 Å². The minimum atomic E-state index is -0.561. The fourth-order valence-electron chi connectivity index (χ4n) is 2.55. The summed E-state index contributed by atoms with van der Waals surface area (Å²) in [6, 6.07) is 6.28. The van der Waals surface area contributed by atoms with Crippen molar-refractivity contribution in [2.24, 2.45) is 11.1 Å². The Morgan fingerprint density at radius 3 is 2.12 bits per heavy atom. The highest BCUT2D eigenvalue weighted by molar-refractivity contribution is 6.21. The summed E-state index contributed by atoms with van der Waals surface area (Å²) in [5.74, 6) is -0.660. The Hall–Kier alpha value is -1.92. The maximum absolute atomic E-state index is 12.2. The molecule has 0 fully saturated rings. The number of rotatable bonds is 6. The number of carbonyl (C=O) groups excluding carboxylic acids is 3. The zero-order valence-corrected chi connectivity index (χ0v) is 15.7. The van der Waals surface area contributed by atoms with Crippen LogP contribution < -0.4 is 11.1 Å². The summed E-state index contributed by atoms with van der Waals surface area (Å²) in [4.78, 5) is 37.6. The normalized spacial score (nSPS) is 14.8. The number of unbranched alkanes of at least 4 members (excludes halogenated alkanes) is 1. The van der Waals surface area contributed by atoms with Crippen molar-refractivity contribution in [1.29, 1.82) is 0 Å². The second kappa shape index (κ2) is 8.45. The number of hydrogen-bond donors (Lipinski definition) is 2. The lowest BCUT2D eigenvalue weighted by Gasteiger charge is -2.25. The van der Waals surface area contributed by atoms with Crippen molar-refractivity contribution in [2.45, 2.75) is 39.7 Å². The van der Waals surface area contributed by atoms with Gasteiger partial charge in [0.15, 0.2) is 0 Å². The van der Waals surface area contributed by atoms with Crippen molar-refractivity contribution in [3.63, 3.8) is 0 Å². The third-order valence-corrected chi connectivity index (χ3v) is 4.20. The first kappa shape index (κ1) is 21.1. The molecule has 0 unspecified atom stereocenters. The molecule has 0 spiro atoms. The molecule has 3 N–H and O–H groups in total. The molecule has 1 aliphatic heterocycles. The molecule has 0 radical (unpaired) electrons. The molecule has 1 aliphatic rings. The lowest BCUT2D eigenvalue weighted by atomic mass is 9.87. The first-order chi connectivity index (χ1) is 11.2. The standard InChI is InChI=1S/C18H25N3O3.ClH/c1-18(2,3)14(19)15(22)20-10-6-7-11-21-16(23)12-8-4-5-9-13(12)17(21)24;/h4-5,8-9,14H,6-7,10-11,19H2,1-3H3,(H,20,22);1H/t14-;/m1./s1. The first-order valence-corrected chi connectivity index (χ1v) is 8.22. The molecule has 0 aromatic heterocycles. The SMILES string of the molecule is CC(C)(C)[C@H](N)C(=O)NCCCCN1C(=O)c2ccccc2C1=O.Cl. The number of amides is 3. The van der Waals surface area contributed by atoms with Crippen molar-refractivity contribution >= 4 is 30.1 Å². The number of nitrogens with zero attached hydrogens (tertiary/aromatic N) is 1. The zero-order chi connectivity index (χ0) is 17.9. The quantitative estimate of drug-likeness (QED) is 0.594. The topological polar surface area (TPSA) is 92.5 Å². The Labute approximate surface area is 154 Å². The van der Waals surface area contributed by atoms with E-state index >= 15 is 0 Å². The van der Waals surface area contributed by atoms with E-state index in [1.54, 1.807) is 24.3 Å². The molecule has 6 nitrogen and oxygen atoms in total. The van der Waals surface area contributed by atoms with Crippen LogP contribution in [0.5, 0.6) is 0 Å². The van der Waals surface area contributed by atoms with Crippen LogP contribution in [0.1, 0.15) is 54.3 Å². The van der Waals surface area contributed by atoms with Crippen molar-refractivity contribution < 1.29 is 14.4 Å². The van der Waals surface area contributed by atoms with E-state index in [1.807, 2.05) is 20.8 Å². The number of hydrogen-bond acceptors (Lipinski definition) is 4. The van der Waals surface area contributed by atoms with Gasteiger partial charge in [-0.3, -0.25) is 19.3 Å². The van der Waals surface area contributed by atoms with Gasteiger partial charge in [0, 0.05) is 13.1 Å². The van der Waals surface area contributed by atoms with Crippen LogP contribution in [0, 0.1) is 5.41 Å². The molecule has 3 amide bonds. The summed E-state index contributed by atoms with van der Waals surface area (Å²) in [6.07, 6.45) is 1.31. The molecule has 0 saturated carbocycles. The lowest BCUT2D eigenvalue weighted by molar-refractivity contribution is -0.124. The Balaban J connectivity index is 0.00000312. The molecule has 25 heavy (non-hydrogen) atoms. The van der Waals surface area contributed by atoms with Gasteiger partial charge in [0.1, 0.15) is 0 Å². The van der Waals surface area contributed by atoms with E-state index in [2.05, 4.69) is 5.32 Å². The second-order valence-electron chi connectivity index (χ2n) is 7.15. The number of halogens is 1. The Morgan fingerprint density at radius 2 is 1.64 bits per heavy atom. The molecular formula is C18H26ClN3O3. The highest BCUT2D eigenvalue weighted by atomic mass is 35.5. The fourth-order valence-corrected chi connectivity index (χ4v) is 2.55. The number of benzene rings is 1. The summed E-state index contributed by atoms with van der Waals surface area (Å²) >= 11 is 0. The van der Waals surface area contributed by atoms with Gasteiger partial charge in [-0.25, -0.2) is 0 Å². The van der Waals surface area contributed by atoms with Crippen molar-refractivity contribution in [1.82, 2.24) is 10.2 Å². The van der Waals surface area contributed by atoms with E-state index in [9.17, 15) is 14.4 Å². The molecule has 0 saturated heterocycles. The Kier molecular flexibility index (Phi) is 7.14. The fraction of sp³-hybridized carbons (Fsp3) is 0.500. The highest BCUT2D eigenvalue weighted by Crippen LogP contribution is 2.22. The molecule has 138 valence electrons. The number of nitrogens with one attached hydrogen (secondary N) is 1. The summed E-state index contributed by atoms with van der Waals surface area (Å²) in [5, 5.41) is 2.80. The second-order valence-corrected chi connectivity index (χ2v) is 7.15. The van der Waals surface area contributed by atoms with E-state index in [-0.39, 0.29) is 35.5 Å². The minimum Gasteiger partial charge on any atom is -0.355 e. The molecule has 1 aromatic rings. The number of fused-ring (bicyclic) bond motifs is 1. The predicted molar refractivity (Wildman–Crippen MR) is 98.7 cm³/mol. The van der Waals surface area contributed by atoms with Gasteiger partial charge in [0.05, 0.1) is 17.2 Å². The van der Waals surface area contributed by atoms with Crippen LogP contribution in [0.3, 0.4) is 0 Å². The minimum absolute atomic E-state index is 0. The number of nitrogens with two attached hydrogens (primary N) is 1. The molecule has 1 aromatic carbocycles. The molecule has 0 bridgehead atoms. The van der Waals surface area contributed by atoms with Crippen LogP contribution in [0.25, 0.3) is 0 Å². The molecule has 2 rings (SSSR count). The van der Waals surface area contributed by atoms with E-state index in [4.69, 9.17) is 5.73 Å². The van der Waals surface area contributed by atoms with E-state index < -0.39 is 6.04 Å². The van der Waals surface area contributed by atoms with E-state index in [1.165, 1.54) is 4.90 Å².